The SMILES string of the molecule is C[SiH](C)OCc1cccs1. The maximum atomic E-state index is 5.54. The minimum Gasteiger partial charge on any atom is -0.415 e. The highest BCUT2D eigenvalue weighted by Gasteiger charge is 1.96. The largest absolute Gasteiger partial charge is 0.415 e. The van der Waals surface area contributed by atoms with Crippen LogP contribution in [0.1, 0.15) is 4.88 Å². The van der Waals surface area contributed by atoms with Crippen molar-refractivity contribution in [3.8, 4) is 0 Å². The quantitative estimate of drug-likeness (QED) is 0.635. The Morgan fingerprint density at radius 3 is 2.90 bits per heavy atom. The van der Waals surface area contributed by atoms with Crippen LogP contribution in [-0.4, -0.2) is 9.04 Å². The summed E-state index contributed by atoms with van der Waals surface area (Å²) in [5.41, 5.74) is 0. The second kappa shape index (κ2) is 3.90. The smallest absolute Gasteiger partial charge is 0.171 e. The fourth-order valence-electron chi connectivity index (χ4n) is 0.644. The Hall–Kier alpha value is -0.123. The molecular formula is C7H12OSSi. The molecule has 1 aromatic rings. The summed E-state index contributed by atoms with van der Waals surface area (Å²) in [5.74, 6) is 0. The monoisotopic (exact) mass is 172 g/mol. The minimum absolute atomic E-state index is 0.809. The molecule has 0 spiro atoms. The number of thiophene rings is 1. The van der Waals surface area contributed by atoms with E-state index in [0.717, 1.165) is 6.61 Å². The Bertz CT molecular complexity index is 172. The molecule has 0 aliphatic heterocycles. The van der Waals surface area contributed by atoms with Crippen molar-refractivity contribution in [2.75, 3.05) is 0 Å². The van der Waals surface area contributed by atoms with Gasteiger partial charge in [0.05, 0.1) is 6.61 Å². The van der Waals surface area contributed by atoms with E-state index >= 15 is 0 Å². The van der Waals surface area contributed by atoms with Crippen molar-refractivity contribution in [1.82, 2.24) is 0 Å². The molecule has 3 heteroatoms. The maximum absolute atomic E-state index is 5.54. The molecule has 0 radical (unpaired) electrons. The molecule has 0 N–H and O–H groups in total. The molecule has 0 amide bonds. The molecule has 1 rings (SSSR count). The van der Waals surface area contributed by atoms with Crippen LogP contribution in [0, 0.1) is 0 Å². The van der Waals surface area contributed by atoms with Gasteiger partial charge >= 0.3 is 0 Å². The fraction of sp³-hybridized carbons (Fsp3) is 0.429. The van der Waals surface area contributed by atoms with Crippen molar-refractivity contribution in [3.05, 3.63) is 22.4 Å². The number of hydrogen-bond donors (Lipinski definition) is 0. The second-order valence-corrected chi connectivity index (χ2v) is 5.90. The lowest BCUT2D eigenvalue weighted by Gasteiger charge is -2.02. The lowest BCUT2D eigenvalue weighted by Crippen LogP contribution is -2.05. The molecule has 0 unspecified atom stereocenters. The highest BCUT2D eigenvalue weighted by Crippen LogP contribution is 2.09. The van der Waals surface area contributed by atoms with Crippen LogP contribution in [0.15, 0.2) is 17.5 Å². The molecule has 10 heavy (non-hydrogen) atoms. The topological polar surface area (TPSA) is 9.23 Å². The molecule has 1 heterocycles. The molecule has 1 aromatic heterocycles. The van der Waals surface area contributed by atoms with Crippen LogP contribution in [0.5, 0.6) is 0 Å². The summed E-state index contributed by atoms with van der Waals surface area (Å²) in [6, 6.07) is 4.17. The zero-order valence-corrected chi connectivity index (χ0v) is 8.30. The average molecular weight is 172 g/mol. The first kappa shape index (κ1) is 7.98. The zero-order valence-electron chi connectivity index (χ0n) is 6.33. The van der Waals surface area contributed by atoms with E-state index in [0.29, 0.717) is 0 Å². The van der Waals surface area contributed by atoms with Gasteiger partial charge in [0.2, 0.25) is 0 Å². The van der Waals surface area contributed by atoms with Crippen molar-refractivity contribution >= 4 is 20.4 Å². The summed E-state index contributed by atoms with van der Waals surface area (Å²) in [6.07, 6.45) is 0. The van der Waals surface area contributed by atoms with Gasteiger partial charge in [0, 0.05) is 4.88 Å². The number of hydrogen-bond acceptors (Lipinski definition) is 2. The molecule has 0 aromatic carbocycles. The van der Waals surface area contributed by atoms with Crippen LogP contribution in [0.2, 0.25) is 13.1 Å². The lowest BCUT2D eigenvalue weighted by molar-refractivity contribution is 0.318. The van der Waals surface area contributed by atoms with Gasteiger partial charge in [0.25, 0.3) is 0 Å². The zero-order chi connectivity index (χ0) is 7.40. The third-order valence-corrected chi connectivity index (χ3v) is 2.82. The van der Waals surface area contributed by atoms with Crippen molar-refractivity contribution in [1.29, 1.82) is 0 Å². The van der Waals surface area contributed by atoms with Crippen LogP contribution >= 0.6 is 11.3 Å². The molecule has 0 bridgehead atoms. The number of rotatable bonds is 3. The van der Waals surface area contributed by atoms with Gasteiger partial charge in [0.15, 0.2) is 9.04 Å². The summed E-state index contributed by atoms with van der Waals surface area (Å²) >= 11 is 1.76. The van der Waals surface area contributed by atoms with Gasteiger partial charge in [-0.05, 0) is 24.5 Å². The predicted molar refractivity (Wildman–Crippen MR) is 48.0 cm³/mol. The highest BCUT2D eigenvalue weighted by atomic mass is 32.1. The van der Waals surface area contributed by atoms with Gasteiger partial charge in [-0.2, -0.15) is 0 Å². The van der Waals surface area contributed by atoms with Crippen molar-refractivity contribution in [2.45, 2.75) is 19.7 Å². The van der Waals surface area contributed by atoms with Gasteiger partial charge < -0.3 is 4.43 Å². The van der Waals surface area contributed by atoms with E-state index in [-0.39, 0.29) is 0 Å². The van der Waals surface area contributed by atoms with Crippen LogP contribution in [0.3, 0.4) is 0 Å². The molecule has 0 aliphatic rings. The van der Waals surface area contributed by atoms with Gasteiger partial charge in [-0.15, -0.1) is 11.3 Å². The molecule has 0 saturated heterocycles. The normalized spacial score (nSPS) is 10.7. The van der Waals surface area contributed by atoms with Gasteiger partial charge in [-0.25, -0.2) is 0 Å². The lowest BCUT2D eigenvalue weighted by atomic mass is 10.5. The van der Waals surface area contributed by atoms with Crippen molar-refractivity contribution < 1.29 is 4.43 Å². The van der Waals surface area contributed by atoms with E-state index in [9.17, 15) is 0 Å². The van der Waals surface area contributed by atoms with Crippen LogP contribution in [-0.2, 0) is 11.0 Å². The summed E-state index contributed by atoms with van der Waals surface area (Å²) in [5, 5.41) is 2.08. The third-order valence-electron chi connectivity index (χ3n) is 1.14. The van der Waals surface area contributed by atoms with E-state index in [1.165, 1.54) is 4.88 Å². The second-order valence-electron chi connectivity index (χ2n) is 2.44. The average Bonchev–Trinajstić information content (AvgIpc) is 2.34. The maximum Gasteiger partial charge on any atom is 0.171 e. The summed E-state index contributed by atoms with van der Waals surface area (Å²) in [4.78, 5) is 1.33. The van der Waals surface area contributed by atoms with Gasteiger partial charge in [-0.1, -0.05) is 6.07 Å². The fourth-order valence-corrected chi connectivity index (χ4v) is 1.90. The first-order valence-electron chi connectivity index (χ1n) is 3.43. The Balaban J connectivity index is 2.28. The third kappa shape index (κ3) is 2.64. The molecule has 0 fully saturated rings. The van der Waals surface area contributed by atoms with Crippen molar-refractivity contribution in [3.63, 3.8) is 0 Å². The highest BCUT2D eigenvalue weighted by molar-refractivity contribution is 7.09. The van der Waals surface area contributed by atoms with E-state index < -0.39 is 9.04 Å². The van der Waals surface area contributed by atoms with Crippen LogP contribution in [0.4, 0.5) is 0 Å². The van der Waals surface area contributed by atoms with Crippen LogP contribution in [0.25, 0.3) is 0 Å². The molecule has 0 aliphatic carbocycles. The Labute approximate surface area is 67.4 Å². The van der Waals surface area contributed by atoms with E-state index in [1.807, 2.05) is 0 Å². The standard InChI is InChI=1S/C7H12OSSi/c1-10(2)8-6-7-4-3-5-9-7/h3-5,10H,6H2,1-2H3. The summed E-state index contributed by atoms with van der Waals surface area (Å²) in [6.45, 7) is 5.20. The molecule has 0 saturated carbocycles. The first-order chi connectivity index (χ1) is 4.79. The van der Waals surface area contributed by atoms with Gasteiger partial charge in [0.1, 0.15) is 0 Å². The Morgan fingerprint density at radius 1 is 1.60 bits per heavy atom. The van der Waals surface area contributed by atoms with Gasteiger partial charge in [-0.3, -0.25) is 0 Å². The molecule has 1 nitrogen and oxygen atoms in total. The minimum atomic E-state index is -0.809. The molecule has 56 valence electrons. The Morgan fingerprint density at radius 2 is 2.40 bits per heavy atom. The first-order valence-corrected chi connectivity index (χ1v) is 7.09. The predicted octanol–water partition coefficient (Wildman–Crippen LogP) is 2.25. The molecular weight excluding hydrogens is 160 g/mol. The van der Waals surface area contributed by atoms with E-state index in [2.05, 4.69) is 30.6 Å². The Kier molecular flexibility index (Phi) is 3.12. The van der Waals surface area contributed by atoms with Crippen molar-refractivity contribution in [2.24, 2.45) is 0 Å². The summed E-state index contributed by atoms with van der Waals surface area (Å²) < 4.78 is 5.54. The van der Waals surface area contributed by atoms with Crippen LogP contribution < -0.4 is 0 Å². The van der Waals surface area contributed by atoms with E-state index in [4.69, 9.17) is 4.43 Å². The summed E-state index contributed by atoms with van der Waals surface area (Å²) in [7, 11) is -0.809. The van der Waals surface area contributed by atoms with E-state index in [1.54, 1.807) is 11.3 Å². The molecule has 0 atom stereocenters.